The second kappa shape index (κ2) is 8.39. The minimum Gasteiger partial charge on any atom is -0.493 e. The molecular weight excluding hydrogens is 386 g/mol. The van der Waals surface area contributed by atoms with E-state index in [0.717, 1.165) is 46.2 Å². The number of thiazole rings is 1. The molecule has 1 atom stereocenters. The minimum atomic E-state index is 0.142. The average molecular weight is 413 g/mol. The molecule has 2 aromatic carbocycles. The van der Waals surface area contributed by atoms with Crippen LogP contribution in [0.4, 0.5) is 0 Å². The maximum Gasteiger partial charge on any atom is 0.277 e. The summed E-state index contributed by atoms with van der Waals surface area (Å²) < 4.78 is 12.0. The number of benzene rings is 2. The van der Waals surface area contributed by atoms with E-state index < -0.39 is 0 Å². The van der Waals surface area contributed by atoms with Crippen LogP contribution in [0.1, 0.15) is 16.1 Å². The Bertz CT molecular complexity index is 1000. The van der Waals surface area contributed by atoms with Crippen LogP contribution in [-0.2, 0) is 24.3 Å². The molecule has 1 aliphatic rings. The lowest BCUT2D eigenvalue weighted by molar-refractivity contribution is -0.908. The van der Waals surface area contributed by atoms with Gasteiger partial charge in [0, 0.05) is 19.0 Å². The van der Waals surface area contributed by atoms with Gasteiger partial charge in [-0.15, -0.1) is 11.3 Å². The smallest absolute Gasteiger partial charge is 0.277 e. The molecule has 0 aliphatic carbocycles. The number of amides is 1. The third-order valence-corrected chi connectivity index (χ3v) is 6.45. The highest BCUT2D eigenvalue weighted by Crippen LogP contribution is 2.31. The summed E-state index contributed by atoms with van der Waals surface area (Å²) in [6.07, 6.45) is 0.930. The van der Waals surface area contributed by atoms with Gasteiger partial charge in [-0.1, -0.05) is 12.1 Å². The van der Waals surface area contributed by atoms with Gasteiger partial charge < -0.3 is 19.3 Å². The van der Waals surface area contributed by atoms with Crippen molar-refractivity contribution in [3.05, 3.63) is 52.5 Å². The normalized spacial score (nSPS) is 15.8. The zero-order chi connectivity index (χ0) is 20.4. The Labute approximate surface area is 174 Å². The van der Waals surface area contributed by atoms with Crippen LogP contribution >= 0.6 is 11.3 Å². The van der Waals surface area contributed by atoms with Gasteiger partial charge in [-0.3, -0.25) is 4.79 Å². The first-order valence-corrected chi connectivity index (χ1v) is 10.5. The molecule has 0 saturated carbocycles. The SMILES string of the molecule is COc1cc2c(cc1OC)C[NH+](CC(=O)N(C)Cc1nc3ccccc3s1)CC2. The summed E-state index contributed by atoms with van der Waals surface area (Å²) in [5, 5.41) is 0.970. The number of rotatable bonds is 6. The number of nitrogens with one attached hydrogen (secondary N) is 1. The number of carbonyl (C=O) groups excluding carboxylic acids is 1. The number of hydrogen-bond acceptors (Lipinski definition) is 5. The molecule has 4 rings (SSSR count). The molecule has 1 aliphatic heterocycles. The van der Waals surface area contributed by atoms with Gasteiger partial charge >= 0.3 is 0 Å². The third kappa shape index (κ3) is 4.21. The monoisotopic (exact) mass is 412 g/mol. The topological polar surface area (TPSA) is 56.1 Å². The summed E-state index contributed by atoms with van der Waals surface area (Å²) >= 11 is 1.65. The molecule has 1 N–H and O–H groups in total. The van der Waals surface area contributed by atoms with Crippen LogP contribution in [0.2, 0.25) is 0 Å². The van der Waals surface area contributed by atoms with Gasteiger partial charge in [-0.25, -0.2) is 4.98 Å². The van der Waals surface area contributed by atoms with E-state index in [1.165, 1.54) is 16.0 Å². The van der Waals surface area contributed by atoms with Crippen molar-refractivity contribution in [3.8, 4) is 11.5 Å². The van der Waals surface area contributed by atoms with Crippen molar-refractivity contribution in [2.24, 2.45) is 0 Å². The molecule has 0 bridgehead atoms. The van der Waals surface area contributed by atoms with Crippen molar-refractivity contribution in [2.75, 3.05) is 34.4 Å². The predicted molar refractivity (Wildman–Crippen MR) is 114 cm³/mol. The molecule has 1 unspecified atom stereocenters. The number of methoxy groups -OCH3 is 2. The number of likely N-dealkylation sites (N-methyl/N-ethyl adjacent to an activating group) is 1. The Hall–Kier alpha value is -2.64. The van der Waals surface area contributed by atoms with Crippen LogP contribution in [0.15, 0.2) is 36.4 Å². The summed E-state index contributed by atoms with van der Waals surface area (Å²) in [5.74, 6) is 1.65. The maximum absolute atomic E-state index is 12.8. The van der Waals surface area contributed by atoms with Crippen molar-refractivity contribution in [2.45, 2.75) is 19.5 Å². The van der Waals surface area contributed by atoms with Crippen LogP contribution in [0.25, 0.3) is 10.2 Å². The van der Waals surface area contributed by atoms with Crippen molar-refractivity contribution in [1.82, 2.24) is 9.88 Å². The van der Waals surface area contributed by atoms with Crippen molar-refractivity contribution in [3.63, 3.8) is 0 Å². The van der Waals surface area contributed by atoms with E-state index in [2.05, 4.69) is 17.1 Å². The van der Waals surface area contributed by atoms with Crippen molar-refractivity contribution in [1.29, 1.82) is 0 Å². The molecule has 0 radical (unpaired) electrons. The predicted octanol–water partition coefficient (Wildman–Crippen LogP) is 1.91. The lowest BCUT2D eigenvalue weighted by atomic mass is 9.99. The molecule has 7 heteroatoms. The van der Waals surface area contributed by atoms with Gasteiger partial charge in [0.05, 0.1) is 37.5 Å². The minimum absolute atomic E-state index is 0.142. The average Bonchev–Trinajstić information content (AvgIpc) is 3.14. The Morgan fingerprint density at radius 3 is 2.62 bits per heavy atom. The van der Waals surface area contributed by atoms with Gasteiger partial charge in [-0.05, 0) is 29.8 Å². The Morgan fingerprint density at radius 2 is 1.90 bits per heavy atom. The zero-order valence-electron chi connectivity index (χ0n) is 17.0. The first kappa shape index (κ1) is 19.7. The zero-order valence-corrected chi connectivity index (χ0v) is 17.8. The summed E-state index contributed by atoms with van der Waals surface area (Å²) in [4.78, 5) is 20.5. The van der Waals surface area contributed by atoms with Gasteiger partial charge in [0.25, 0.3) is 5.91 Å². The first-order chi connectivity index (χ1) is 14.1. The fourth-order valence-electron chi connectivity index (χ4n) is 3.81. The number of para-hydroxylation sites is 1. The fraction of sp³-hybridized carbons (Fsp3) is 0.364. The number of ether oxygens (including phenoxy) is 2. The molecule has 2 heterocycles. The van der Waals surface area contributed by atoms with Crippen LogP contribution < -0.4 is 14.4 Å². The van der Waals surface area contributed by atoms with Gasteiger partial charge in [0.15, 0.2) is 18.0 Å². The van der Waals surface area contributed by atoms with Gasteiger partial charge in [0.1, 0.15) is 11.6 Å². The third-order valence-electron chi connectivity index (χ3n) is 5.43. The Balaban J connectivity index is 1.39. The van der Waals surface area contributed by atoms with E-state index in [9.17, 15) is 4.79 Å². The molecule has 3 aromatic rings. The molecule has 0 fully saturated rings. The molecule has 1 aromatic heterocycles. The summed E-state index contributed by atoms with van der Waals surface area (Å²) in [6, 6.07) is 12.2. The van der Waals surface area contributed by atoms with E-state index in [0.29, 0.717) is 13.1 Å². The maximum atomic E-state index is 12.8. The molecule has 1 amide bonds. The van der Waals surface area contributed by atoms with Crippen molar-refractivity contribution >= 4 is 27.5 Å². The number of quaternary nitrogens is 1. The fourth-order valence-corrected chi connectivity index (χ4v) is 4.83. The van der Waals surface area contributed by atoms with Crippen LogP contribution in [0.5, 0.6) is 11.5 Å². The van der Waals surface area contributed by atoms with E-state index in [1.54, 1.807) is 30.5 Å². The highest BCUT2D eigenvalue weighted by atomic mass is 32.1. The molecule has 0 saturated heterocycles. The number of hydrogen-bond donors (Lipinski definition) is 1. The molecule has 0 spiro atoms. The highest BCUT2D eigenvalue weighted by Gasteiger charge is 2.25. The van der Waals surface area contributed by atoms with E-state index in [-0.39, 0.29) is 5.91 Å². The Morgan fingerprint density at radius 1 is 1.17 bits per heavy atom. The molecule has 6 nitrogen and oxygen atoms in total. The van der Waals surface area contributed by atoms with Crippen molar-refractivity contribution < 1.29 is 19.2 Å². The summed E-state index contributed by atoms with van der Waals surface area (Å²) in [6.45, 7) is 2.78. The molecular formula is C22H26N3O3S+. The van der Waals surface area contributed by atoms with Crippen LogP contribution in [0.3, 0.4) is 0 Å². The second-order valence-electron chi connectivity index (χ2n) is 7.40. The lowest BCUT2D eigenvalue weighted by Gasteiger charge is -2.27. The van der Waals surface area contributed by atoms with Gasteiger partial charge in [0.2, 0.25) is 0 Å². The second-order valence-corrected chi connectivity index (χ2v) is 8.52. The molecule has 152 valence electrons. The highest BCUT2D eigenvalue weighted by molar-refractivity contribution is 7.18. The number of aromatic nitrogens is 1. The first-order valence-electron chi connectivity index (χ1n) is 9.73. The molecule has 29 heavy (non-hydrogen) atoms. The van der Waals surface area contributed by atoms with Crippen LogP contribution in [-0.4, -0.2) is 50.1 Å². The summed E-state index contributed by atoms with van der Waals surface area (Å²) in [5.41, 5.74) is 3.50. The number of nitrogens with zero attached hydrogens (tertiary/aromatic N) is 2. The van der Waals surface area contributed by atoms with E-state index >= 15 is 0 Å². The standard InChI is InChI=1S/C22H25N3O3S/c1-24(13-21-23-17-6-4-5-7-20(17)29-21)22(26)14-25-9-8-15-10-18(27-2)19(28-3)11-16(15)12-25/h4-7,10-11H,8-9,12-14H2,1-3H3/p+1. The van der Waals surface area contributed by atoms with Crippen LogP contribution in [0, 0.1) is 0 Å². The summed E-state index contributed by atoms with van der Waals surface area (Å²) in [7, 11) is 5.17. The van der Waals surface area contributed by atoms with Gasteiger partial charge in [-0.2, -0.15) is 0 Å². The van der Waals surface area contributed by atoms with E-state index in [1.807, 2.05) is 31.3 Å². The number of fused-ring (bicyclic) bond motifs is 2. The number of carbonyl (C=O) groups is 1. The lowest BCUT2D eigenvalue weighted by Crippen LogP contribution is -3.12. The van der Waals surface area contributed by atoms with E-state index in [4.69, 9.17) is 9.47 Å². The largest absolute Gasteiger partial charge is 0.493 e. The quantitative estimate of drug-likeness (QED) is 0.672. The Kier molecular flexibility index (Phi) is 5.69.